The second kappa shape index (κ2) is 7.78. The van der Waals surface area contributed by atoms with E-state index in [4.69, 9.17) is 5.26 Å². The van der Waals surface area contributed by atoms with Crippen molar-refractivity contribution in [3.63, 3.8) is 0 Å². The van der Waals surface area contributed by atoms with E-state index in [-0.39, 0.29) is 29.8 Å². The number of carbonyl (C=O) groups is 1. The van der Waals surface area contributed by atoms with E-state index in [0.717, 1.165) is 10.7 Å². The Morgan fingerprint density at radius 3 is 2.81 bits per heavy atom. The van der Waals surface area contributed by atoms with Crippen LogP contribution in [0.4, 0.5) is 28.0 Å². The first-order valence-corrected chi connectivity index (χ1v) is 10.1. The highest BCUT2D eigenvalue weighted by molar-refractivity contribution is 5.90. The molecule has 0 bridgehead atoms. The molecule has 2 aliphatic heterocycles. The Balaban J connectivity index is 1.64. The highest BCUT2D eigenvalue weighted by atomic mass is 19.3. The zero-order valence-electron chi connectivity index (χ0n) is 17.2. The number of nitrogens with zero attached hydrogens (tertiary/aromatic N) is 4. The molecular weight excluding hydrogens is 430 g/mol. The minimum absolute atomic E-state index is 0.169. The molecular formula is C21H21F4N5O2. The summed E-state index contributed by atoms with van der Waals surface area (Å²) in [7, 11) is 0. The molecule has 0 radical (unpaired) electrons. The Morgan fingerprint density at radius 2 is 2.12 bits per heavy atom. The largest absolute Gasteiger partial charge is 0.393 e. The predicted molar refractivity (Wildman–Crippen MR) is 105 cm³/mol. The van der Waals surface area contributed by atoms with E-state index in [1.54, 1.807) is 13.0 Å². The SMILES string of the molecule is CC1Cc2nn3c(c2CN1C(=O)Nc1ccc(F)c(C#N)c1)C(F)(F)CCC(F)(CO)C3. The van der Waals surface area contributed by atoms with Crippen LogP contribution in [0.25, 0.3) is 0 Å². The number of fused-ring (bicyclic) bond motifs is 3. The Hall–Kier alpha value is -3.13. The molecule has 1 aromatic heterocycles. The van der Waals surface area contributed by atoms with Crippen molar-refractivity contribution in [3.8, 4) is 6.07 Å². The van der Waals surface area contributed by atoms with Gasteiger partial charge in [-0.2, -0.15) is 19.1 Å². The van der Waals surface area contributed by atoms with Crippen LogP contribution >= 0.6 is 0 Å². The molecule has 2 aromatic rings. The number of aromatic nitrogens is 2. The van der Waals surface area contributed by atoms with E-state index < -0.39 is 61.2 Å². The number of aliphatic hydroxyl groups excluding tert-OH is 1. The molecule has 3 heterocycles. The maximum atomic E-state index is 15.0. The van der Waals surface area contributed by atoms with Gasteiger partial charge in [0.15, 0.2) is 5.67 Å². The first-order valence-electron chi connectivity index (χ1n) is 10.1. The van der Waals surface area contributed by atoms with E-state index in [1.165, 1.54) is 17.0 Å². The number of amides is 2. The first-order chi connectivity index (χ1) is 15.1. The monoisotopic (exact) mass is 451 g/mol. The van der Waals surface area contributed by atoms with Crippen LogP contribution in [0.2, 0.25) is 0 Å². The van der Waals surface area contributed by atoms with Gasteiger partial charge in [0.2, 0.25) is 0 Å². The number of alkyl halides is 3. The Morgan fingerprint density at radius 1 is 1.38 bits per heavy atom. The van der Waals surface area contributed by atoms with Crippen molar-refractivity contribution in [2.75, 3.05) is 11.9 Å². The molecule has 170 valence electrons. The second-order valence-corrected chi connectivity index (χ2v) is 8.36. The molecule has 2 atom stereocenters. The maximum Gasteiger partial charge on any atom is 0.322 e. The molecule has 2 aliphatic rings. The number of hydrogen-bond acceptors (Lipinski definition) is 4. The summed E-state index contributed by atoms with van der Waals surface area (Å²) in [4.78, 5) is 14.2. The van der Waals surface area contributed by atoms with Gasteiger partial charge in [-0.3, -0.25) is 4.68 Å². The number of rotatable bonds is 2. The third kappa shape index (κ3) is 3.79. The molecule has 32 heavy (non-hydrogen) atoms. The van der Waals surface area contributed by atoms with Crippen molar-refractivity contribution < 1.29 is 27.5 Å². The van der Waals surface area contributed by atoms with Crippen molar-refractivity contribution >= 4 is 11.7 Å². The van der Waals surface area contributed by atoms with Gasteiger partial charge in [-0.15, -0.1) is 0 Å². The number of aliphatic hydroxyl groups is 1. The number of halogens is 4. The van der Waals surface area contributed by atoms with Gasteiger partial charge in [0.1, 0.15) is 17.6 Å². The van der Waals surface area contributed by atoms with Gasteiger partial charge in [-0.05, 0) is 31.5 Å². The minimum atomic E-state index is -3.37. The minimum Gasteiger partial charge on any atom is -0.393 e. The maximum absolute atomic E-state index is 15.0. The summed E-state index contributed by atoms with van der Waals surface area (Å²) in [5, 5.41) is 25.1. The number of benzene rings is 1. The number of hydrogen-bond donors (Lipinski definition) is 2. The van der Waals surface area contributed by atoms with E-state index in [0.29, 0.717) is 5.69 Å². The quantitative estimate of drug-likeness (QED) is 0.684. The number of carbonyl (C=O) groups excluding carboxylic acids is 1. The summed E-state index contributed by atoms with van der Waals surface area (Å²) < 4.78 is 59.2. The summed E-state index contributed by atoms with van der Waals surface area (Å²) in [5.41, 5.74) is -2.15. The van der Waals surface area contributed by atoms with Crippen molar-refractivity contribution in [1.82, 2.24) is 14.7 Å². The Kier molecular flexibility index (Phi) is 5.36. The molecule has 0 saturated heterocycles. The predicted octanol–water partition coefficient (Wildman–Crippen LogP) is 3.46. The van der Waals surface area contributed by atoms with Crippen LogP contribution in [0.1, 0.15) is 42.3 Å². The van der Waals surface area contributed by atoms with E-state index in [1.807, 2.05) is 0 Å². The van der Waals surface area contributed by atoms with Crippen molar-refractivity contribution in [2.24, 2.45) is 0 Å². The summed E-state index contributed by atoms with van der Waals surface area (Å²) in [6.07, 6.45) is -1.11. The highest BCUT2D eigenvalue weighted by Crippen LogP contribution is 2.44. The van der Waals surface area contributed by atoms with Crippen LogP contribution in [-0.4, -0.2) is 44.1 Å². The fraction of sp³-hybridized carbons (Fsp3) is 0.476. The lowest BCUT2D eigenvalue weighted by Crippen LogP contribution is -2.45. The van der Waals surface area contributed by atoms with E-state index in [9.17, 15) is 27.5 Å². The molecule has 4 rings (SSSR count). The lowest BCUT2D eigenvalue weighted by atomic mass is 9.95. The van der Waals surface area contributed by atoms with Crippen LogP contribution in [0.15, 0.2) is 18.2 Å². The van der Waals surface area contributed by atoms with Gasteiger partial charge in [-0.1, -0.05) is 0 Å². The third-order valence-electron chi connectivity index (χ3n) is 6.03. The zero-order chi connectivity index (χ0) is 23.3. The van der Waals surface area contributed by atoms with Gasteiger partial charge in [0.05, 0.1) is 31.0 Å². The van der Waals surface area contributed by atoms with Crippen LogP contribution < -0.4 is 5.32 Å². The standard InChI is InChI=1S/C21H21F4N5O2/c1-12-6-17-15(18-21(24,25)5-4-20(23,11-31)10-30(18)28-17)9-29(12)19(32)27-14-2-3-16(22)13(7-14)8-26/h2-3,7,12,31H,4-6,9-11H2,1H3,(H,27,32). The lowest BCUT2D eigenvalue weighted by molar-refractivity contribution is -0.0324. The molecule has 0 saturated carbocycles. The molecule has 7 nitrogen and oxygen atoms in total. The van der Waals surface area contributed by atoms with Gasteiger partial charge in [-0.25, -0.2) is 13.6 Å². The first kappa shape index (κ1) is 22.1. The summed E-state index contributed by atoms with van der Waals surface area (Å²) >= 11 is 0. The smallest absolute Gasteiger partial charge is 0.322 e. The average molecular weight is 451 g/mol. The fourth-order valence-corrected chi connectivity index (χ4v) is 4.25. The molecule has 0 fully saturated rings. The molecule has 0 spiro atoms. The molecule has 2 N–H and O–H groups in total. The van der Waals surface area contributed by atoms with E-state index in [2.05, 4.69) is 10.4 Å². The second-order valence-electron chi connectivity index (χ2n) is 8.36. The van der Waals surface area contributed by atoms with E-state index >= 15 is 0 Å². The molecule has 0 aliphatic carbocycles. The topological polar surface area (TPSA) is 94.2 Å². The number of nitriles is 1. The molecule has 1 aromatic carbocycles. The average Bonchev–Trinajstić information content (AvgIpc) is 3.05. The number of urea groups is 1. The normalized spacial score (nSPS) is 24.2. The van der Waals surface area contributed by atoms with Crippen molar-refractivity contribution in [2.45, 2.75) is 56.9 Å². The van der Waals surface area contributed by atoms with Crippen LogP contribution in [0.3, 0.4) is 0 Å². The van der Waals surface area contributed by atoms with Gasteiger partial charge in [0, 0.05) is 30.1 Å². The van der Waals surface area contributed by atoms with Crippen molar-refractivity contribution in [3.05, 3.63) is 46.5 Å². The molecule has 11 heteroatoms. The highest BCUT2D eigenvalue weighted by Gasteiger charge is 2.48. The number of anilines is 1. The Bertz CT molecular complexity index is 1110. The van der Waals surface area contributed by atoms with Gasteiger partial charge >= 0.3 is 6.03 Å². The lowest BCUT2D eigenvalue weighted by Gasteiger charge is -2.33. The molecule has 2 amide bonds. The third-order valence-corrected chi connectivity index (χ3v) is 6.03. The fourth-order valence-electron chi connectivity index (χ4n) is 4.25. The van der Waals surface area contributed by atoms with Crippen LogP contribution in [0, 0.1) is 17.1 Å². The molecule has 2 unspecified atom stereocenters. The van der Waals surface area contributed by atoms with Gasteiger partial charge in [0.25, 0.3) is 5.92 Å². The van der Waals surface area contributed by atoms with Crippen LogP contribution in [0.5, 0.6) is 0 Å². The number of nitrogens with one attached hydrogen (secondary N) is 1. The van der Waals surface area contributed by atoms with Gasteiger partial charge < -0.3 is 15.3 Å². The van der Waals surface area contributed by atoms with Crippen LogP contribution in [-0.2, 0) is 25.4 Å². The summed E-state index contributed by atoms with van der Waals surface area (Å²) in [6.45, 7) is 0.177. The Labute approximate surface area is 181 Å². The summed E-state index contributed by atoms with van der Waals surface area (Å²) in [6, 6.07) is 4.20. The zero-order valence-corrected chi connectivity index (χ0v) is 17.2. The summed E-state index contributed by atoms with van der Waals surface area (Å²) in [5.74, 6) is -4.09. The van der Waals surface area contributed by atoms with Crippen molar-refractivity contribution in [1.29, 1.82) is 5.26 Å².